The lowest BCUT2D eigenvalue weighted by Crippen LogP contribution is -2.63. The summed E-state index contributed by atoms with van der Waals surface area (Å²) in [5.74, 6) is -2.37. The number of carbonyl (C=O) groups excluding carboxylic acids is 1. The molecule has 2 aliphatic rings. The van der Waals surface area contributed by atoms with E-state index in [1.165, 1.54) is 0 Å². The number of hydrogen-bond acceptors (Lipinski definition) is 9. The number of aliphatic carboxylic acids is 1. The molecule has 6 N–H and O–H groups in total. The largest absolute Gasteiger partial charge is 0.478 e. The average Bonchev–Trinajstić information content (AvgIpc) is 3.16. The molecule has 3 atom stereocenters. The smallest absolute Gasteiger partial charge is 0.345 e. The standard InChI is InChI=1S/C19H34N6O6S/c1-3-4-11-32(29,30)25-19(2,17(27)28)23-16(26)13-14-12-15(31-24-14)7-5-8-20-18-21-9-6-10-22-18/h6,9,15,18,20-22,25H,3-5,7-8,10-13H2,1-2H3,(H,23,26)(H,27,28). The Morgan fingerprint density at radius 1 is 1.38 bits per heavy atom. The molecule has 0 saturated carbocycles. The van der Waals surface area contributed by atoms with Crippen molar-refractivity contribution in [1.29, 1.82) is 0 Å². The van der Waals surface area contributed by atoms with E-state index in [1.54, 1.807) is 0 Å². The van der Waals surface area contributed by atoms with Crippen LogP contribution in [0.25, 0.3) is 0 Å². The van der Waals surface area contributed by atoms with Crippen molar-refractivity contribution in [2.24, 2.45) is 5.16 Å². The van der Waals surface area contributed by atoms with Crippen molar-refractivity contribution < 1.29 is 28.0 Å². The molecule has 0 radical (unpaired) electrons. The zero-order valence-corrected chi connectivity index (χ0v) is 19.3. The van der Waals surface area contributed by atoms with Gasteiger partial charge in [-0.2, -0.15) is 4.72 Å². The lowest BCUT2D eigenvalue weighted by atomic mass is 10.1. The number of oxime groups is 1. The summed E-state index contributed by atoms with van der Waals surface area (Å²) >= 11 is 0. The summed E-state index contributed by atoms with van der Waals surface area (Å²) in [6, 6.07) is 0. The van der Waals surface area contributed by atoms with Crippen LogP contribution in [-0.4, -0.2) is 68.0 Å². The van der Waals surface area contributed by atoms with Gasteiger partial charge < -0.3 is 20.6 Å². The molecule has 12 nitrogen and oxygen atoms in total. The zero-order chi connectivity index (χ0) is 23.6. The Hall–Kier alpha value is -2.22. The third-order valence-electron chi connectivity index (χ3n) is 4.97. The van der Waals surface area contributed by atoms with Gasteiger partial charge in [0, 0.05) is 13.0 Å². The summed E-state index contributed by atoms with van der Waals surface area (Å²) in [7, 11) is -3.87. The number of unbranched alkanes of at least 4 members (excludes halogenated alkanes) is 1. The molecule has 1 amide bonds. The normalized spacial score (nSPS) is 22.4. The summed E-state index contributed by atoms with van der Waals surface area (Å²) in [5, 5.41) is 25.4. The van der Waals surface area contributed by atoms with Crippen molar-refractivity contribution in [1.82, 2.24) is 26.0 Å². The Morgan fingerprint density at radius 3 is 2.81 bits per heavy atom. The number of nitrogens with one attached hydrogen (secondary N) is 5. The highest BCUT2D eigenvalue weighted by atomic mass is 32.2. The van der Waals surface area contributed by atoms with E-state index in [1.807, 2.05) is 19.2 Å². The number of hydrogen-bond donors (Lipinski definition) is 6. The third kappa shape index (κ3) is 8.73. The fourth-order valence-electron chi connectivity index (χ4n) is 3.25. The van der Waals surface area contributed by atoms with Crippen molar-refractivity contribution >= 4 is 27.6 Å². The van der Waals surface area contributed by atoms with Crippen molar-refractivity contribution in [2.45, 2.75) is 70.4 Å². The summed E-state index contributed by atoms with van der Waals surface area (Å²) in [5.41, 5.74) is -1.66. The minimum absolute atomic E-state index is 0.0305. The highest BCUT2D eigenvalue weighted by molar-refractivity contribution is 7.89. The van der Waals surface area contributed by atoms with Gasteiger partial charge in [-0.15, -0.1) is 0 Å². The first-order chi connectivity index (χ1) is 15.1. The molecule has 0 aliphatic carbocycles. The minimum atomic E-state index is -3.87. The second-order valence-corrected chi connectivity index (χ2v) is 9.87. The number of nitrogens with zero attached hydrogens (tertiary/aromatic N) is 1. The second kappa shape index (κ2) is 12.1. The van der Waals surface area contributed by atoms with Crippen LogP contribution in [0.1, 0.15) is 52.4 Å². The fraction of sp³-hybridized carbons (Fsp3) is 0.737. The van der Waals surface area contributed by atoms with Crippen LogP contribution >= 0.6 is 0 Å². The molecular weight excluding hydrogens is 440 g/mol. The van der Waals surface area contributed by atoms with Gasteiger partial charge in [-0.1, -0.05) is 24.6 Å². The Morgan fingerprint density at radius 2 is 2.16 bits per heavy atom. The van der Waals surface area contributed by atoms with Crippen molar-refractivity contribution in [3.05, 3.63) is 12.3 Å². The molecule has 2 aliphatic heterocycles. The van der Waals surface area contributed by atoms with Gasteiger partial charge in [-0.25, -0.2) is 13.2 Å². The molecule has 0 spiro atoms. The highest BCUT2D eigenvalue weighted by Gasteiger charge is 2.39. The lowest BCUT2D eigenvalue weighted by molar-refractivity contribution is -0.147. The predicted octanol–water partition coefficient (Wildman–Crippen LogP) is -0.482. The van der Waals surface area contributed by atoms with Crippen LogP contribution in [0.5, 0.6) is 0 Å². The number of rotatable bonds is 14. The van der Waals surface area contributed by atoms with E-state index in [0.717, 1.165) is 32.9 Å². The third-order valence-corrected chi connectivity index (χ3v) is 6.52. The summed E-state index contributed by atoms with van der Waals surface area (Å²) in [6.07, 6.45) is 6.67. The molecule has 3 unspecified atom stereocenters. The Labute approximate surface area is 188 Å². The van der Waals surface area contributed by atoms with Gasteiger partial charge in [0.2, 0.25) is 21.6 Å². The van der Waals surface area contributed by atoms with Gasteiger partial charge >= 0.3 is 5.97 Å². The van der Waals surface area contributed by atoms with Gasteiger partial charge in [0.05, 0.1) is 17.9 Å². The van der Waals surface area contributed by atoms with Crippen molar-refractivity contribution in [3.8, 4) is 0 Å². The molecule has 182 valence electrons. The number of carboxylic acid groups (broad SMARTS) is 1. The molecule has 0 saturated heterocycles. The zero-order valence-electron chi connectivity index (χ0n) is 18.5. The van der Waals surface area contributed by atoms with Gasteiger partial charge in [-0.3, -0.25) is 15.4 Å². The maximum atomic E-state index is 12.4. The summed E-state index contributed by atoms with van der Waals surface area (Å²) in [6.45, 7) is 4.50. The number of carbonyl (C=O) groups is 2. The van der Waals surface area contributed by atoms with Crippen LogP contribution in [0.4, 0.5) is 0 Å². The summed E-state index contributed by atoms with van der Waals surface area (Å²) in [4.78, 5) is 29.4. The molecule has 0 aromatic carbocycles. The van der Waals surface area contributed by atoms with E-state index in [-0.39, 0.29) is 24.6 Å². The molecule has 0 aromatic heterocycles. The van der Waals surface area contributed by atoms with Crippen LogP contribution in [0.15, 0.2) is 17.4 Å². The van der Waals surface area contributed by atoms with E-state index in [9.17, 15) is 23.1 Å². The first-order valence-corrected chi connectivity index (χ1v) is 12.4. The number of sulfonamides is 1. The van der Waals surface area contributed by atoms with Crippen LogP contribution in [0, 0.1) is 0 Å². The van der Waals surface area contributed by atoms with E-state index in [4.69, 9.17) is 4.84 Å². The predicted molar refractivity (Wildman–Crippen MR) is 119 cm³/mol. The molecule has 32 heavy (non-hydrogen) atoms. The molecule has 2 rings (SSSR count). The maximum absolute atomic E-state index is 12.4. The van der Waals surface area contributed by atoms with Gasteiger partial charge in [0.15, 0.2) is 0 Å². The molecular formula is C19H34N6O6S. The van der Waals surface area contributed by atoms with Crippen molar-refractivity contribution in [2.75, 3.05) is 18.8 Å². The Bertz CT molecular complexity index is 817. The molecule has 13 heteroatoms. The van der Waals surface area contributed by atoms with E-state index >= 15 is 0 Å². The molecule has 0 bridgehead atoms. The Kier molecular flexibility index (Phi) is 9.87. The quantitative estimate of drug-likeness (QED) is 0.144. The first kappa shape index (κ1) is 26.0. The molecule has 2 heterocycles. The first-order valence-electron chi connectivity index (χ1n) is 10.8. The minimum Gasteiger partial charge on any atom is -0.478 e. The lowest BCUT2D eigenvalue weighted by Gasteiger charge is -2.27. The van der Waals surface area contributed by atoms with Crippen LogP contribution in [0.3, 0.4) is 0 Å². The maximum Gasteiger partial charge on any atom is 0.345 e. The van der Waals surface area contributed by atoms with Gasteiger partial charge in [-0.05, 0) is 38.9 Å². The van der Waals surface area contributed by atoms with E-state index in [2.05, 4.69) is 31.1 Å². The fourth-order valence-corrected chi connectivity index (χ4v) is 4.78. The molecule has 0 aromatic rings. The second-order valence-electron chi connectivity index (χ2n) is 8.03. The van der Waals surface area contributed by atoms with E-state index in [0.29, 0.717) is 25.0 Å². The van der Waals surface area contributed by atoms with Crippen LogP contribution in [0.2, 0.25) is 0 Å². The highest BCUT2D eigenvalue weighted by Crippen LogP contribution is 2.17. The Balaban J connectivity index is 1.74. The molecule has 0 fully saturated rings. The van der Waals surface area contributed by atoms with Gasteiger partial charge in [0.25, 0.3) is 0 Å². The van der Waals surface area contributed by atoms with Gasteiger partial charge in [0.1, 0.15) is 12.4 Å². The SMILES string of the molecule is CCCCS(=O)(=O)NC(C)(NC(=O)CC1=NOC(CCCNC2NC=CCN2)C1)C(=O)O. The number of carboxylic acids is 1. The van der Waals surface area contributed by atoms with Crippen molar-refractivity contribution in [3.63, 3.8) is 0 Å². The number of amides is 1. The average molecular weight is 475 g/mol. The monoisotopic (exact) mass is 474 g/mol. The van der Waals surface area contributed by atoms with Crippen LogP contribution < -0.4 is 26.0 Å². The summed E-state index contributed by atoms with van der Waals surface area (Å²) < 4.78 is 26.3. The van der Waals surface area contributed by atoms with E-state index < -0.39 is 27.6 Å². The topological polar surface area (TPSA) is 170 Å². The van der Waals surface area contributed by atoms with Crippen LogP contribution in [-0.2, 0) is 24.4 Å².